The molecule has 0 heterocycles. The van der Waals surface area contributed by atoms with E-state index in [2.05, 4.69) is 57.7 Å². The zero-order valence-electron chi connectivity index (χ0n) is 13.9. The van der Waals surface area contributed by atoms with Crippen LogP contribution in [-0.2, 0) is 4.79 Å². The van der Waals surface area contributed by atoms with Crippen molar-refractivity contribution in [2.45, 2.75) is 40.0 Å². The third-order valence-corrected chi connectivity index (χ3v) is 3.92. The second-order valence-electron chi connectivity index (χ2n) is 7.35. The zero-order chi connectivity index (χ0) is 16.2. The molecule has 1 saturated carbocycles. The van der Waals surface area contributed by atoms with Crippen LogP contribution in [0.4, 0.5) is 0 Å². The van der Waals surface area contributed by atoms with Gasteiger partial charge in [-0.3, -0.25) is 4.79 Å². The lowest BCUT2D eigenvalue weighted by Gasteiger charge is -2.24. The molecule has 0 saturated heterocycles. The van der Waals surface area contributed by atoms with E-state index in [9.17, 15) is 4.79 Å². The normalized spacial score (nSPS) is 21.8. The molecule has 0 radical (unpaired) electrons. The molecule has 0 bridgehead atoms. The van der Waals surface area contributed by atoms with Crippen molar-refractivity contribution < 1.29 is 4.79 Å². The third kappa shape index (κ3) is 4.84. The van der Waals surface area contributed by atoms with Gasteiger partial charge in [0.05, 0.1) is 0 Å². The van der Waals surface area contributed by atoms with Crippen molar-refractivity contribution in [1.82, 2.24) is 0 Å². The summed E-state index contributed by atoms with van der Waals surface area (Å²) in [5, 5.41) is 0. The predicted octanol–water partition coefficient (Wildman–Crippen LogP) is 5.60. The summed E-state index contributed by atoms with van der Waals surface area (Å²) < 4.78 is 0. The number of carbonyl (C=O) groups is 1. The molecule has 1 heteroatoms. The molecule has 116 valence electrons. The Balaban J connectivity index is 2.03. The molecule has 1 fully saturated rings. The van der Waals surface area contributed by atoms with Crippen molar-refractivity contribution in [2.24, 2.45) is 11.3 Å². The average molecular weight is 294 g/mol. The summed E-state index contributed by atoms with van der Waals surface area (Å²) in [4.78, 5) is 12.4. The summed E-state index contributed by atoms with van der Waals surface area (Å²) in [6, 6.07) is 10.2. The van der Waals surface area contributed by atoms with Gasteiger partial charge < -0.3 is 0 Å². The highest BCUT2D eigenvalue weighted by atomic mass is 16.1. The van der Waals surface area contributed by atoms with Crippen LogP contribution in [0.25, 0.3) is 6.08 Å². The van der Waals surface area contributed by atoms with Crippen LogP contribution < -0.4 is 0 Å². The smallest absolute Gasteiger partial charge is 0.163 e. The summed E-state index contributed by atoms with van der Waals surface area (Å²) in [6.07, 6.45) is 8.73. The molecule has 0 aliphatic heterocycles. The second-order valence-corrected chi connectivity index (χ2v) is 7.35. The number of carbonyl (C=O) groups excluding carboxylic acids is 1. The van der Waals surface area contributed by atoms with Crippen LogP contribution in [0, 0.1) is 11.3 Å². The fraction of sp³-hybridized carbons (Fsp3) is 0.381. The lowest BCUT2D eigenvalue weighted by Crippen LogP contribution is -2.19. The Bertz CT molecular complexity index is 577. The topological polar surface area (TPSA) is 17.1 Å². The van der Waals surface area contributed by atoms with Crippen molar-refractivity contribution in [1.29, 1.82) is 0 Å². The van der Waals surface area contributed by atoms with E-state index < -0.39 is 0 Å². The molecule has 0 aromatic heterocycles. The van der Waals surface area contributed by atoms with Crippen molar-refractivity contribution in [3.05, 3.63) is 65.8 Å². The van der Waals surface area contributed by atoms with E-state index in [-0.39, 0.29) is 17.1 Å². The summed E-state index contributed by atoms with van der Waals surface area (Å²) in [5.41, 5.74) is 3.23. The summed E-state index contributed by atoms with van der Waals surface area (Å²) in [7, 11) is 0. The van der Waals surface area contributed by atoms with Gasteiger partial charge >= 0.3 is 0 Å². The maximum Gasteiger partial charge on any atom is 0.163 e. The SMILES string of the molecule is C=C1CC(/C=C/c2ccccc2)CC(=O)/C1=C\CC(C)(C)C. The van der Waals surface area contributed by atoms with E-state index in [0.29, 0.717) is 6.42 Å². The quantitative estimate of drug-likeness (QED) is 0.663. The van der Waals surface area contributed by atoms with Crippen LogP contribution in [0.15, 0.2) is 60.2 Å². The Morgan fingerprint density at radius 1 is 1.18 bits per heavy atom. The maximum atomic E-state index is 12.4. The molecule has 0 spiro atoms. The maximum absolute atomic E-state index is 12.4. The Labute approximate surface area is 134 Å². The van der Waals surface area contributed by atoms with E-state index in [4.69, 9.17) is 0 Å². The van der Waals surface area contributed by atoms with E-state index in [1.165, 1.54) is 5.56 Å². The second kappa shape index (κ2) is 6.91. The largest absolute Gasteiger partial charge is 0.294 e. The fourth-order valence-corrected chi connectivity index (χ4v) is 2.66. The number of hydrogen-bond acceptors (Lipinski definition) is 1. The van der Waals surface area contributed by atoms with Crippen LogP contribution >= 0.6 is 0 Å². The molecule has 22 heavy (non-hydrogen) atoms. The van der Waals surface area contributed by atoms with Crippen LogP contribution in [-0.4, -0.2) is 5.78 Å². The number of rotatable bonds is 3. The highest BCUT2D eigenvalue weighted by Gasteiger charge is 2.25. The molecule has 0 N–H and O–H groups in total. The van der Waals surface area contributed by atoms with Gasteiger partial charge in [0.15, 0.2) is 5.78 Å². The number of ketones is 1. The number of Topliss-reactive ketones (excluding diaryl/α,β-unsaturated/α-hetero) is 1. The average Bonchev–Trinajstić information content (AvgIpc) is 2.44. The van der Waals surface area contributed by atoms with Crippen molar-refractivity contribution >= 4 is 11.9 Å². The van der Waals surface area contributed by atoms with Gasteiger partial charge in [0.2, 0.25) is 0 Å². The number of allylic oxidation sites excluding steroid dienone is 4. The Morgan fingerprint density at radius 3 is 2.45 bits per heavy atom. The first-order valence-electron chi connectivity index (χ1n) is 8.00. The standard InChI is InChI=1S/C21H26O/c1-16-14-18(11-10-17-8-6-5-7-9-17)15-20(22)19(16)12-13-21(2,3)4/h5-12,18H,1,13-15H2,2-4H3/b11-10+,19-12-. The van der Waals surface area contributed by atoms with Gasteiger partial charge in [-0.25, -0.2) is 0 Å². The van der Waals surface area contributed by atoms with Crippen molar-refractivity contribution in [3.63, 3.8) is 0 Å². The van der Waals surface area contributed by atoms with E-state index in [0.717, 1.165) is 24.0 Å². The molecular formula is C21H26O. The Hall–Kier alpha value is -1.89. The van der Waals surface area contributed by atoms with Crippen LogP contribution in [0.3, 0.4) is 0 Å². The highest BCUT2D eigenvalue weighted by Crippen LogP contribution is 2.32. The van der Waals surface area contributed by atoms with Gasteiger partial charge in [-0.15, -0.1) is 0 Å². The summed E-state index contributed by atoms with van der Waals surface area (Å²) >= 11 is 0. The minimum Gasteiger partial charge on any atom is -0.294 e. The molecule has 1 aromatic rings. The molecule has 1 atom stereocenters. The highest BCUT2D eigenvalue weighted by molar-refractivity contribution is 6.00. The van der Waals surface area contributed by atoms with Crippen molar-refractivity contribution in [3.8, 4) is 0 Å². The van der Waals surface area contributed by atoms with E-state index in [1.54, 1.807) is 0 Å². The lowest BCUT2D eigenvalue weighted by atomic mass is 9.79. The first kappa shape index (κ1) is 16.5. The Morgan fingerprint density at radius 2 is 1.86 bits per heavy atom. The lowest BCUT2D eigenvalue weighted by molar-refractivity contribution is -0.116. The first-order chi connectivity index (χ1) is 10.3. The minimum atomic E-state index is 0.206. The number of hydrogen-bond donors (Lipinski definition) is 0. The molecule has 2 rings (SSSR count). The molecule has 0 amide bonds. The van der Waals surface area contributed by atoms with Crippen LogP contribution in [0.2, 0.25) is 0 Å². The van der Waals surface area contributed by atoms with Gasteiger partial charge in [0, 0.05) is 12.0 Å². The first-order valence-corrected chi connectivity index (χ1v) is 8.00. The van der Waals surface area contributed by atoms with E-state index in [1.807, 2.05) is 18.2 Å². The molecule has 1 aliphatic carbocycles. The van der Waals surface area contributed by atoms with Crippen LogP contribution in [0.1, 0.15) is 45.6 Å². The Kier molecular flexibility index (Phi) is 5.18. The minimum absolute atomic E-state index is 0.206. The summed E-state index contributed by atoms with van der Waals surface area (Å²) in [5.74, 6) is 0.509. The van der Waals surface area contributed by atoms with Crippen molar-refractivity contribution in [2.75, 3.05) is 0 Å². The van der Waals surface area contributed by atoms with Gasteiger partial charge in [-0.05, 0) is 35.3 Å². The van der Waals surface area contributed by atoms with E-state index >= 15 is 0 Å². The number of benzene rings is 1. The zero-order valence-corrected chi connectivity index (χ0v) is 13.9. The molecule has 1 unspecified atom stereocenters. The van der Waals surface area contributed by atoms with Gasteiger partial charge in [-0.2, -0.15) is 0 Å². The molecule has 1 nitrogen and oxygen atoms in total. The summed E-state index contributed by atoms with van der Waals surface area (Å²) in [6.45, 7) is 10.7. The van der Waals surface area contributed by atoms with Gasteiger partial charge in [-0.1, -0.05) is 75.9 Å². The van der Waals surface area contributed by atoms with Gasteiger partial charge in [0.1, 0.15) is 0 Å². The molecule has 1 aromatic carbocycles. The monoisotopic (exact) mass is 294 g/mol. The predicted molar refractivity (Wildman–Crippen MR) is 94.5 cm³/mol. The van der Waals surface area contributed by atoms with Crippen LogP contribution in [0.5, 0.6) is 0 Å². The van der Waals surface area contributed by atoms with Gasteiger partial charge in [0.25, 0.3) is 0 Å². The molecular weight excluding hydrogens is 268 g/mol. The third-order valence-electron chi connectivity index (χ3n) is 3.92. The fourth-order valence-electron chi connectivity index (χ4n) is 2.66. The molecule has 1 aliphatic rings.